The van der Waals surface area contributed by atoms with Crippen LogP contribution in [0.3, 0.4) is 0 Å². The summed E-state index contributed by atoms with van der Waals surface area (Å²) >= 11 is 0. The first-order valence-electron chi connectivity index (χ1n) is 19.0. The van der Waals surface area contributed by atoms with Crippen LogP contribution >= 0.6 is 0 Å². The van der Waals surface area contributed by atoms with Crippen LogP contribution < -0.4 is 30.7 Å². The van der Waals surface area contributed by atoms with Gasteiger partial charge in [0.05, 0.1) is 36.6 Å². The van der Waals surface area contributed by atoms with Gasteiger partial charge in [-0.1, -0.05) is 20.1 Å². The van der Waals surface area contributed by atoms with E-state index in [9.17, 15) is 18.4 Å². The van der Waals surface area contributed by atoms with E-state index in [0.717, 1.165) is 11.1 Å². The van der Waals surface area contributed by atoms with Crippen molar-refractivity contribution in [3.63, 3.8) is 0 Å². The predicted molar refractivity (Wildman–Crippen MR) is 220 cm³/mol. The summed E-state index contributed by atoms with van der Waals surface area (Å²) in [6, 6.07) is 10.1. The molecule has 8 rings (SSSR count). The van der Waals surface area contributed by atoms with Crippen LogP contribution in [0.2, 0.25) is 0 Å². The number of carbonyl (C=O) groups excluding carboxylic acids is 2. The third-order valence-electron chi connectivity index (χ3n) is 9.76. The lowest BCUT2D eigenvalue weighted by atomic mass is 9.99. The molecule has 2 unspecified atom stereocenters. The van der Waals surface area contributed by atoms with Crippen LogP contribution in [0.25, 0.3) is 22.7 Å². The number of hydrogen-bond acceptors (Lipinski definition) is 12. The van der Waals surface area contributed by atoms with Gasteiger partial charge in [0.1, 0.15) is 59.1 Å². The number of fused-ring (bicyclic) bond motifs is 4. The molecular weight excluding hydrogens is 761 g/mol. The Morgan fingerprint density at radius 2 is 1.22 bits per heavy atom. The van der Waals surface area contributed by atoms with Crippen LogP contribution in [0.15, 0.2) is 86.5 Å². The fourth-order valence-electron chi connectivity index (χ4n) is 6.63. The number of ether oxygens (including phenoxy) is 2. The summed E-state index contributed by atoms with van der Waals surface area (Å²) in [7, 11) is 3.29. The molecule has 0 radical (unpaired) electrons. The predicted octanol–water partition coefficient (Wildman–Crippen LogP) is 5.79. The molecular formula is C42H45F2N11O4. The Bertz CT molecular complexity index is 2570. The van der Waals surface area contributed by atoms with Gasteiger partial charge in [0.2, 0.25) is 5.91 Å². The zero-order valence-electron chi connectivity index (χ0n) is 33.3. The van der Waals surface area contributed by atoms with E-state index in [-0.39, 0.29) is 30.3 Å². The number of rotatable bonds is 3. The van der Waals surface area contributed by atoms with E-state index >= 15 is 0 Å². The number of likely N-dealkylation sites (N-methyl/N-ethyl adjacent to an activating group) is 1. The highest BCUT2D eigenvalue weighted by Crippen LogP contribution is 2.33. The maximum absolute atomic E-state index is 14.2. The van der Waals surface area contributed by atoms with Crippen molar-refractivity contribution in [2.75, 3.05) is 37.8 Å². The van der Waals surface area contributed by atoms with Crippen LogP contribution in [0.4, 0.5) is 20.4 Å². The van der Waals surface area contributed by atoms with E-state index in [0.29, 0.717) is 70.0 Å². The number of halogens is 2. The SMILES string of the molecule is C=C1NC[C@H](C)Oc2ccc(F)cc2C(C(=O)CC)Nc2ccn3ncc1c3n2.C=C1NC[C@H](C)Oc2ccc(F)cc2C(C(=O)N(C)C)Nc2ccn3ncc1c3n2. The highest BCUT2D eigenvalue weighted by molar-refractivity contribution is 5.89. The van der Waals surface area contributed by atoms with Gasteiger partial charge in [0, 0.05) is 55.4 Å². The van der Waals surface area contributed by atoms with Gasteiger partial charge in [-0.2, -0.15) is 10.2 Å². The van der Waals surface area contributed by atoms with E-state index in [1.807, 2.05) is 13.8 Å². The minimum absolute atomic E-state index is 0.0964. The van der Waals surface area contributed by atoms with Crippen molar-refractivity contribution in [2.24, 2.45) is 0 Å². The van der Waals surface area contributed by atoms with Crippen LogP contribution in [-0.2, 0) is 9.59 Å². The molecule has 6 aromatic rings. The van der Waals surface area contributed by atoms with Crippen LogP contribution in [0.1, 0.15) is 61.5 Å². The number of nitrogens with zero attached hydrogens (tertiary/aromatic N) is 7. The summed E-state index contributed by atoms with van der Waals surface area (Å²) in [5.74, 6) is 0.544. The highest BCUT2D eigenvalue weighted by atomic mass is 19.1. The molecule has 0 fully saturated rings. The van der Waals surface area contributed by atoms with Crippen molar-refractivity contribution in [1.29, 1.82) is 0 Å². The Morgan fingerprint density at radius 3 is 1.68 bits per heavy atom. The minimum Gasteiger partial charge on any atom is -0.489 e. The standard InChI is InChI=1S/C21H23FN6O2.C21H22FN5O2/c1-12-10-23-13(2)16-11-24-28-8-7-18(26-20(16)28)25-19(21(29)27(3)4)15-9-14(22)5-6-17(15)30-12;1-4-17(28)20-15-9-14(22)5-6-18(15)29-12(2)10-23-13(3)16-11-24-27-8-7-19(25-20)26-21(16)27/h5-9,11-12,19,23H,2,10H2,1,3-4H3,(H,25,26);5-9,11-12,20,23H,3-4,10H2,1-2H3,(H,25,26)/t12-,19?;12-,20?/m00/s1. The Kier molecular flexibility index (Phi) is 11.5. The molecule has 0 saturated carbocycles. The molecule has 4 aromatic heterocycles. The van der Waals surface area contributed by atoms with Crippen LogP contribution in [0, 0.1) is 11.6 Å². The molecule has 4 N–H and O–H groups in total. The summed E-state index contributed by atoms with van der Waals surface area (Å²) in [6.07, 6.45) is 6.61. The van der Waals surface area contributed by atoms with Crippen molar-refractivity contribution in [1.82, 2.24) is 44.7 Å². The van der Waals surface area contributed by atoms with E-state index < -0.39 is 23.7 Å². The number of anilines is 2. The lowest BCUT2D eigenvalue weighted by molar-refractivity contribution is -0.129. The second kappa shape index (κ2) is 16.8. The fourth-order valence-corrected chi connectivity index (χ4v) is 6.63. The smallest absolute Gasteiger partial charge is 0.249 e. The second-order valence-corrected chi connectivity index (χ2v) is 14.4. The number of carbonyl (C=O) groups is 2. The quantitative estimate of drug-likeness (QED) is 0.171. The van der Waals surface area contributed by atoms with E-state index in [4.69, 9.17) is 9.47 Å². The molecule has 1 amide bonds. The largest absolute Gasteiger partial charge is 0.489 e. The average molecular weight is 806 g/mol. The minimum atomic E-state index is -0.892. The van der Waals surface area contributed by atoms with Gasteiger partial charge < -0.3 is 35.6 Å². The molecule has 0 saturated heterocycles. The van der Waals surface area contributed by atoms with Gasteiger partial charge in [0.25, 0.3) is 0 Å². The first kappa shape index (κ1) is 40.2. The van der Waals surface area contributed by atoms with E-state index in [1.54, 1.807) is 79.1 Å². The van der Waals surface area contributed by atoms with Gasteiger partial charge >= 0.3 is 0 Å². The fraction of sp³-hybridized carbons (Fsp3) is 0.286. The maximum Gasteiger partial charge on any atom is 0.249 e. The molecule has 17 heteroatoms. The number of nitrogens with one attached hydrogen (secondary N) is 4. The van der Waals surface area contributed by atoms with Crippen molar-refractivity contribution < 1.29 is 27.8 Å². The molecule has 4 atom stereocenters. The first-order chi connectivity index (χ1) is 28.3. The number of amides is 1. The van der Waals surface area contributed by atoms with E-state index in [1.165, 1.54) is 29.2 Å². The molecule has 4 bridgehead atoms. The molecule has 2 aliphatic heterocycles. The monoisotopic (exact) mass is 805 g/mol. The summed E-state index contributed by atoms with van der Waals surface area (Å²) in [5, 5.41) is 21.4. The van der Waals surface area contributed by atoms with Crippen molar-refractivity contribution in [3.05, 3.63) is 120 Å². The number of hydrogen-bond donors (Lipinski definition) is 4. The molecule has 59 heavy (non-hydrogen) atoms. The first-order valence-corrected chi connectivity index (χ1v) is 19.0. The van der Waals surface area contributed by atoms with Gasteiger partial charge in [-0.25, -0.2) is 27.8 Å². The number of aromatic nitrogens is 6. The molecule has 2 aliphatic rings. The lowest BCUT2D eigenvalue weighted by Crippen LogP contribution is -2.34. The van der Waals surface area contributed by atoms with Gasteiger partial charge in [0.15, 0.2) is 17.1 Å². The number of ketones is 1. The Labute approximate surface area is 339 Å². The van der Waals surface area contributed by atoms with Crippen molar-refractivity contribution in [3.8, 4) is 11.5 Å². The Morgan fingerprint density at radius 1 is 0.763 bits per heavy atom. The molecule has 0 aliphatic carbocycles. The normalized spacial score (nSPS) is 19.0. The Hall–Kier alpha value is -7.04. The van der Waals surface area contributed by atoms with Crippen LogP contribution in [0.5, 0.6) is 11.5 Å². The molecule has 15 nitrogen and oxygen atoms in total. The zero-order chi connectivity index (χ0) is 42.0. The number of benzene rings is 2. The Balaban J connectivity index is 0.000000179. The van der Waals surface area contributed by atoms with Crippen molar-refractivity contribution in [2.45, 2.75) is 51.5 Å². The second-order valence-electron chi connectivity index (χ2n) is 14.4. The third kappa shape index (κ3) is 8.63. The zero-order valence-corrected chi connectivity index (χ0v) is 33.3. The summed E-state index contributed by atoms with van der Waals surface area (Å²) in [5.41, 5.74) is 4.84. The number of Topliss-reactive ketones (excluding diaryl/α,β-unsaturated/α-hetero) is 1. The topological polar surface area (TPSA) is 164 Å². The molecule has 306 valence electrons. The maximum atomic E-state index is 14.2. The van der Waals surface area contributed by atoms with E-state index in [2.05, 4.69) is 54.6 Å². The third-order valence-corrected chi connectivity index (χ3v) is 9.76. The van der Waals surface area contributed by atoms with Gasteiger partial charge in [-0.3, -0.25) is 9.59 Å². The average Bonchev–Trinajstić information content (AvgIpc) is 3.85. The van der Waals surface area contributed by atoms with Crippen molar-refractivity contribution >= 4 is 46.0 Å². The lowest BCUT2D eigenvalue weighted by Gasteiger charge is -2.25. The summed E-state index contributed by atoms with van der Waals surface area (Å²) in [4.78, 5) is 36.5. The summed E-state index contributed by atoms with van der Waals surface area (Å²) in [6.45, 7) is 14.6. The molecule has 0 spiro atoms. The van der Waals surface area contributed by atoms with Crippen LogP contribution in [-0.4, -0.2) is 85.2 Å². The molecule has 2 aromatic carbocycles. The summed E-state index contributed by atoms with van der Waals surface area (Å²) < 4.78 is 43.6. The van der Waals surface area contributed by atoms with Gasteiger partial charge in [-0.05, 0) is 62.4 Å². The van der Waals surface area contributed by atoms with Gasteiger partial charge in [-0.15, -0.1) is 0 Å². The molecule has 6 heterocycles. The highest BCUT2D eigenvalue weighted by Gasteiger charge is 2.29.